The highest BCUT2D eigenvalue weighted by Gasteiger charge is 2.42. The molecule has 2 aromatic rings. The molecule has 2 heterocycles. The predicted molar refractivity (Wildman–Crippen MR) is 147 cm³/mol. The van der Waals surface area contributed by atoms with E-state index in [-0.39, 0.29) is 37.4 Å². The van der Waals surface area contributed by atoms with E-state index in [9.17, 15) is 45.1 Å². The molecule has 4 amide bonds. The molecule has 3 atom stereocenters. The fraction of sp³-hybridized carbons (Fsp3) is 0.500. The van der Waals surface area contributed by atoms with Crippen LogP contribution in [0.4, 0.5) is 41.2 Å². The fourth-order valence-corrected chi connectivity index (χ4v) is 6.04. The maximum atomic E-state index is 13.8. The van der Waals surface area contributed by atoms with Crippen LogP contribution < -0.4 is 4.90 Å². The molecule has 14 heteroatoms. The van der Waals surface area contributed by atoms with E-state index in [2.05, 4.69) is 0 Å². The fourth-order valence-electron chi connectivity index (χ4n) is 6.04. The number of hydrogen-bond acceptors (Lipinski definition) is 3. The number of alkyl halides is 6. The number of likely N-dealkylation sites (N-methyl/N-ethyl adjacent to an activating group) is 1. The normalized spacial score (nSPS) is 21.2. The van der Waals surface area contributed by atoms with Gasteiger partial charge in [0, 0.05) is 58.3 Å². The zero-order chi connectivity index (χ0) is 32.6. The maximum absolute atomic E-state index is 13.8. The summed E-state index contributed by atoms with van der Waals surface area (Å²) < 4.78 is 94.6. The number of carbonyl (C=O) groups excluding carboxylic acids is 3. The van der Waals surface area contributed by atoms with Gasteiger partial charge in [-0.2, -0.15) is 26.3 Å². The molecular formula is C30H33F7N4O3. The molecule has 0 bridgehead atoms. The topological polar surface area (TPSA) is 64.2 Å². The van der Waals surface area contributed by atoms with Crippen molar-refractivity contribution in [3.8, 4) is 0 Å². The average Bonchev–Trinajstić information content (AvgIpc) is 2.98. The summed E-state index contributed by atoms with van der Waals surface area (Å²) in [4.78, 5) is 44.5. The third kappa shape index (κ3) is 7.10. The van der Waals surface area contributed by atoms with Gasteiger partial charge in [-0.25, -0.2) is 9.18 Å². The van der Waals surface area contributed by atoms with Crippen LogP contribution in [0.5, 0.6) is 0 Å². The number of likely N-dealkylation sites (tertiary alicyclic amines) is 2. The highest BCUT2D eigenvalue weighted by atomic mass is 19.4. The zero-order valence-corrected chi connectivity index (χ0v) is 24.4. The van der Waals surface area contributed by atoms with Crippen LogP contribution in [0.25, 0.3) is 0 Å². The van der Waals surface area contributed by atoms with Crippen LogP contribution in [0.3, 0.4) is 0 Å². The molecule has 2 fully saturated rings. The first-order chi connectivity index (χ1) is 20.5. The number of nitrogens with zero attached hydrogens (tertiary/aromatic N) is 4. The summed E-state index contributed by atoms with van der Waals surface area (Å²) in [5, 5.41) is 0. The molecule has 0 saturated carbocycles. The minimum atomic E-state index is -5.09. The van der Waals surface area contributed by atoms with Crippen molar-refractivity contribution in [3.63, 3.8) is 0 Å². The molecule has 44 heavy (non-hydrogen) atoms. The number of hydrogen-bond donors (Lipinski definition) is 0. The molecule has 0 aliphatic carbocycles. The average molecular weight is 631 g/mol. The highest BCUT2D eigenvalue weighted by Crippen LogP contribution is 2.39. The molecule has 7 nitrogen and oxygen atoms in total. The van der Waals surface area contributed by atoms with Gasteiger partial charge in [0.2, 0.25) is 11.8 Å². The summed E-state index contributed by atoms with van der Waals surface area (Å²) >= 11 is 0. The summed E-state index contributed by atoms with van der Waals surface area (Å²) in [7, 11) is 2.47. The zero-order valence-electron chi connectivity index (χ0n) is 24.4. The predicted octanol–water partition coefficient (Wildman–Crippen LogP) is 6.14. The van der Waals surface area contributed by atoms with E-state index in [0.717, 1.165) is 24.8 Å². The van der Waals surface area contributed by atoms with Crippen molar-refractivity contribution in [1.82, 2.24) is 14.7 Å². The molecule has 2 aromatic carbocycles. The molecule has 0 spiro atoms. The van der Waals surface area contributed by atoms with Crippen molar-refractivity contribution in [2.24, 2.45) is 0 Å². The molecule has 0 aromatic heterocycles. The number of halogens is 7. The molecular weight excluding hydrogens is 597 g/mol. The summed E-state index contributed by atoms with van der Waals surface area (Å²) in [6.45, 7) is 2.14. The smallest absolute Gasteiger partial charge is 0.340 e. The van der Waals surface area contributed by atoms with E-state index >= 15 is 0 Å². The van der Waals surface area contributed by atoms with Crippen molar-refractivity contribution in [3.05, 3.63) is 65.0 Å². The highest BCUT2D eigenvalue weighted by molar-refractivity contribution is 5.92. The lowest BCUT2D eigenvalue weighted by Crippen LogP contribution is -2.58. The molecule has 4 rings (SSSR count). The number of piperidine rings is 2. The SMILES string of the molecule is CC(=O)N1CCCC[C@@H]1C(=O)N1CC[C@@H](N(C)C(=O)N(C)c2cc(C(F)(F)F)cc(C(F)(F)F)c2)[C@H](c2ccc(F)cc2)C1. The van der Waals surface area contributed by atoms with Gasteiger partial charge in [-0.3, -0.25) is 14.5 Å². The number of anilines is 1. The van der Waals surface area contributed by atoms with Gasteiger partial charge in [-0.15, -0.1) is 0 Å². The van der Waals surface area contributed by atoms with Crippen LogP contribution in [-0.2, 0) is 21.9 Å². The van der Waals surface area contributed by atoms with Crippen LogP contribution in [0.2, 0.25) is 0 Å². The number of carbonyl (C=O) groups is 3. The van der Waals surface area contributed by atoms with Crippen LogP contribution in [0, 0.1) is 5.82 Å². The van der Waals surface area contributed by atoms with Crippen LogP contribution in [0.1, 0.15) is 55.2 Å². The molecule has 0 radical (unpaired) electrons. The van der Waals surface area contributed by atoms with Gasteiger partial charge in [0.1, 0.15) is 11.9 Å². The van der Waals surface area contributed by atoms with E-state index in [1.54, 1.807) is 9.80 Å². The van der Waals surface area contributed by atoms with Gasteiger partial charge in [-0.1, -0.05) is 12.1 Å². The molecule has 2 saturated heterocycles. The standard InChI is InChI=1S/C30H33F7N4O3/c1-18(42)41-12-5-4-6-26(41)27(43)40-13-11-25(24(17-40)19-7-9-22(31)10-8-19)39(3)28(44)38(2)23-15-20(29(32,33)34)14-21(16-23)30(35,36)37/h7-10,14-16,24-26H,4-6,11-13,17H2,1-3H3/t24-,25+,26+/m0/s1. The molecule has 0 N–H and O–H groups in total. The Hall–Kier alpha value is -3.84. The summed E-state index contributed by atoms with van der Waals surface area (Å²) in [6, 6.07) is 4.24. The van der Waals surface area contributed by atoms with Gasteiger partial charge in [0.25, 0.3) is 0 Å². The van der Waals surface area contributed by atoms with Crippen molar-refractivity contribution in [1.29, 1.82) is 0 Å². The summed E-state index contributed by atoms with van der Waals surface area (Å²) in [6.07, 6.45) is -7.91. The lowest BCUT2D eigenvalue weighted by atomic mass is 9.84. The van der Waals surface area contributed by atoms with Crippen molar-refractivity contribution < 1.29 is 45.1 Å². The first-order valence-corrected chi connectivity index (χ1v) is 14.1. The van der Waals surface area contributed by atoms with Crippen molar-refractivity contribution in [2.45, 2.75) is 63.0 Å². The number of benzene rings is 2. The van der Waals surface area contributed by atoms with Crippen molar-refractivity contribution in [2.75, 3.05) is 38.6 Å². The van der Waals surface area contributed by atoms with Gasteiger partial charge < -0.3 is 14.7 Å². The Morgan fingerprint density at radius 2 is 1.43 bits per heavy atom. The monoisotopic (exact) mass is 630 g/mol. The number of rotatable bonds is 4. The van der Waals surface area contributed by atoms with E-state index < -0.39 is 59.0 Å². The first kappa shape index (κ1) is 33.1. The van der Waals surface area contributed by atoms with E-state index in [1.165, 1.54) is 43.1 Å². The van der Waals surface area contributed by atoms with Gasteiger partial charge in [0.15, 0.2) is 0 Å². The Bertz CT molecular complexity index is 1350. The molecule has 240 valence electrons. The quantitative estimate of drug-likeness (QED) is 0.382. The van der Waals surface area contributed by atoms with E-state index in [1.807, 2.05) is 0 Å². The second kappa shape index (κ2) is 12.6. The number of urea groups is 1. The second-order valence-electron chi connectivity index (χ2n) is 11.2. The van der Waals surface area contributed by atoms with Crippen LogP contribution in [0.15, 0.2) is 42.5 Å². The Labute approximate surface area is 250 Å². The first-order valence-electron chi connectivity index (χ1n) is 14.1. The Kier molecular flexibility index (Phi) is 9.50. The molecule has 2 aliphatic heterocycles. The van der Waals surface area contributed by atoms with Gasteiger partial charge in [-0.05, 0) is 61.6 Å². The third-order valence-electron chi connectivity index (χ3n) is 8.42. The lowest BCUT2D eigenvalue weighted by molar-refractivity contribution is -0.147. The summed E-state index contributed by atoms with van der Waals surface area (Å²) in [5.41, 5.74) is -3.12. The Morgan fingerprint density at radius 3 is 1.98 bits per heavy atom. The van der Waals surface area contributed by atoms with Crippen molar-refractivity contribution >= 4 is 23.5 Å². The lowest BCUT2D eigenvalue weighted by Gasteiger charge is -2.45. The minimum absolute atomic E-state index is 0.0115. The number of amides is 4. The maximum Gasteiger partial charge on any atom is 0.416 e. The second-order valence-corrected chi connectivity index (χ2v) is 11.2. The Morgan fingerprint density at radius 1 is 0.841 bits per heavy atom. The van der Waals surface area contributed by atoms with Gasteiger partial charge in [0.05, 0.1) is 11.1 Å². The van der Waals surface area contributed by atoms with E-state index in [4.69, 9.17) is 0 Å². The largest absolute Gasteiger partial charge is 0.416 e. The summed E-state index contributed by atoms with van der Waals surface area (Å²) in [5.74, 6) is -1.55. The van der Waals surface area contributed by atoms with Crippen LogP contribution in [-0.4, -0.2) is 78.4 Å². The third-order valence-corrected chi connectivity index (χ3v) is 8.42. The van der Waals surface area contributed by atoms with Crippen LogP contribution >= 0.6 is 0 Å². The Balaban J connectivity index is 1.63. The molecule has 0 unspecified atom stereocenters. The molecule has 2 aliphatic rings. The van der Waals surface area contributed by atoms with Gasteiger partial charge >= 0.3 is 18.4 Å². The van der Waals surface area contributed by atoms with E-state index in [0.29, 0.717) is 30.7 Å². The minimum Gasteiger partial charge on any atom is -0.340 e.